The molecule has 29 heavy (non-hydrogen) atoms. The lowest BCUT2D eigenvalue weighted by Gasteiger charge is -2.10. The predicted molar refractivity (Wildman–Crippen MR) is 109 cm³/mol. The fourth-order valence-corrected chi connectivity index (χ4v) is 3.66. The van der Waals surface area contributed by atoms with Crippen LogP contribution in [-0.2, 0) is 19.5 Å². The third-order valence-corrected chi connectivity index (χ3v) is 4.94. The van der Waals surface area contributed by atoms with E-state index in [1.165, 1.54) is 12.1 Å². The first-order valence-corrected chi connectivity index (χ1v) is 9.44. The Balaban J connectivity index is 1.65. The highest BCUT2D eigenvalue weighted by Gasteiger charge is 2.22. The van der Waals surface area contributed by atoms with Crippen LogP contribution >= 0.6 is 0 Å². The van der Waals surface area contributed by atoms with E-state index in [2.05, 4.69) is 5.32 Å². The fraction of sp³-hybridized carbons (Fsp3) is 0.174. The average Bonchev–Trinajstić information content (AvgIpc) is 3.32. The molecule has 148 valence electrons. The van der Waals surface area contributed by atoms with E-state index in [1.807, 2.05) is 36.4 Å². The van der Waals surface area contributed by atoms with Crippen LogP contribution in [0.15, 0.2) is 71.3 Å². The van der Waals surface area contributed by atoms with Crippen LogP contribution in [0.3, 0.4) is 0 Å². The average molecular weight is 392 g/mol. The normalized spacial score (nSPS) is 11.2. The van der Waals surface area contributed by atoms with Crippen LogP contribution in [0, 0.1) is 5.82 Å². The highest BCUT2D eigenvalue weighted by molar-refractivity contribution is 5.98. The Morgan fingerprint density at radius 3 is 2.72 bits per heavy atom. The van der Waals surface area contributed by atoms with Gasteiger partial charge in [0.05, 0.1) is 6.26 Å². The Hall–Kier alpha value is -3.38. The van der Waals surface area contributed by atoms with Crippen molar-refractivity contribution in [1.82, 2.24) is 9.88 Å². The number of nitrogens with one attached hydrogen (secondary N) is 1. The molecule has 2 heterocycles. The molecule has 0 aliphatic heterocycles. The van der Waals surface area contributed by atoms with Gasteiger partial charge >= 0.3 is 5.97 Å². The highest BCUT2D eigenvalue weighted by atomic mass is 19.1. The number of aromatic carboxylic acids is 1. The van der Waals surface area contributed by atoms with Crippen LogP contribution in [0.4, 0.5) is 4.39 Å². The minimum Gasteiger partial charge on any atom is -0.477 e. The maximum absolute atomic E-state index is 13.6. The number of para-hydroxylation sites is 1. The van der Waals surface area contributed by atoms with Gasteiger partial charge in [0.1, 0.15) is 17.3 Å². The number of aromatic nitrogens is 1. The Morgan fingerprint density at radius 1 is 1.10 bits per heavy atom. The van der Waals surface area contributed by atoms with E-state index in [1.54, 1.807) is 23.0 Å². The van der Waals surface area contributed by atoms with Gasteiger partial charge in [0.25, 0.3) is 0 Å². The summed E-state index contributed by atoms with van der Waals surface area (Å²) in [5.74, 6) is -0.458. The quantitative estimate of drug-likeness (QED) is 0.435. The van der Waals surface area contributed by atoms with Gasteiger partial charge in [-0.1, -0.05) is 30.3 Å². The van der Waals surface area contributed by atoms with Crippen molar-refractivity contribution in [2.24, 2.45) is 0 Å². The molecular weight excluding hydrogens is 371 g/mol. The zero-order valence-electron chi connectivity index (χ0n) is 15.8. The number of fused-ring (bicyclic) bond motifs is 1. The van der Waals surface area contributed by atoms with Crippen molar-refractivity contribution in [2.45, 2.75) is 19.5 Å². The zero-order valence-corrected chi connectivity index (χ0v) is 15.8. The number of carboxylic acid groups (broad SMARTS) is 1. The third-order valence-electron chi connectivity index (χ3n) is 4.94. The molecule has 4 aromatic rings. The number of furan rings is 1. The largest absolute Gasteiger partial charge is 0.477 e. The van der Waals surface area contributed by atoms with Crippen molar-refractivity contribution in [3.05, 3.63) is 95.3 Å². The van der Waals surface area contributed by atoms with Gasteiger partial charge in [-0.2, -0.15) is 0 Å². The first-order valence-electron chi connectivity index (χ1n) is 9.44. The van der Waals surface area contributed by atoms with Crippen molar-refractivity contribution < 1.29 is 18.7 Å². The lowest BCUT2D eigenvalue weighted by atomic mass is 10.1. The van der Waals surface area contributed by atoms with Gasteiger partial charge in [0.15, 0.2) is 0 Å². The van der Waals surface area contributed by atoms with E-state index in [4.69, 9.17) is 4.42 Å². The molecule has 0 radical (unpaired) electrons. The molecule has 0 bridgehead atoms. The summed E-state index contributed by atoms with van der Waals surface area (Å²) in [6, 6.07) is 17.6. The van der Waals surface area contributed by atoms with Crippen LogP contribution in [0.1, 0.15) is 27.4 Å². The third kappa shape index (κ3) is 4.07. The van der Waals surface area contributed by atoms with Gasteiger partial charge in [-0.15, -0.1) is 0 Å². The number of halogens is 1. The number of nitrogens with zero attached hydrogens (tertiary/aromatic N) is 1. The molecule has 0 atom stereocenters. The van der Waals surface area contributed by atoms with Crippen LogP contribution in [0.5, 0.6) is 0 Å². The van der Waals surface area contributed by atoms with Crippen molar-refractivity contribution in [3.8, 4) is 0 Å². The molecule has 6 heteroatoms. The van der Waals surface area contributed by atoms with E-state index >= 15 is 0 Å². The summed E-state index contributed by atoms with van der Waals surface area (Å²) in [5.41, 5.74) is 2.48. The second kappa shape index (κ2) is 8.32. The molecule has 0 aliphatic rings. The molecule has 0 fully saturated rings. The lowest BCUT2D eigenvalue weighted by molar-refractivity contribution is 0.0684. The maximum Gasteiger partial charge on any atom is 0.352 e. The number of benzene rings is 2. The monoisotopic (exact) mass is 392 g/mol. The van der Waals surface area contributed by atoms with E-state index < -0.39 is 5.97 Å². The van der Waals surface area contributed by atoms with Crippen LogP contribution in [-0.4, -0.2) is 22.2 Å². The van der Waals surface area contributed by atoms with Crippen LogP contribution in [0.25, 0.3) is 10.9 Å². The lowest BCUT2D eigenvalue weighted by Crippen LogP contribution is -2.19. The van der Waals surface area contributed by atoms with Crippen molar-refractivity contribution >= 4 is 16.9 Å². The molecule has 5 nitrogen and oxygen atoms in total. The molecule has 0 spiro atoms. The first-order chi connectivity index (χ1) is 14.1. The Morgan fingerprint density at radius 2 is 1.97 bits per heavy atom. The minimum atomic E-state index is -1.000. The van der Waals surface area contributed by atoms with E-state index in [9.17, 15) is 14.3 Å². The molecule has 2 N–H and O–H groups in total. The number of carbonyl (C=O) groups is 1. The molecule has 2 aromatic carbocycles. The van der Waals surface area contributed by atoms with Crippen LogP contribution in [0.2, 0.25) is 0 Å². The van der Waals surface area contributed by atoms with Gasteiger partial charge in [-0.05, 0) is 35.9 Å². The molecular formula is C23H21FN2O3. The Bertz CT molecular complexity index is 1130. The molecule has 0 amide bonds. The number of hydrogen-bond acceptors (Lipinski definition) is 3. The summed E-state index contributed by atoms with van der Waals surface area (Å²) in [6.07, 6.45) is 2.36. The molecule has 2 aromatic heterocycles. The molecule has 0 aliphatic carbocycles. The second-order valence-corrected chi connectivity index (χ2v) is 6.87. The molecule has 0 saturated carbocycles. The number of rotatable bonds is 8. The van der Waals surface area contributed by atoms with Crippen molar-refractivity contribution in [2.75, 3.05) is 6.54 Å². The molecule has 0 saturated heterocycles. The molecule has 0 unspecified atom stereocenters. The zero-order chi connectivity index (χ0) is 20.2. The standard InChI is InChI=1S/C23H21FN2O3/c24-17-6-3-5-16(13-17)15-26-21-9-2-1-8-19(21)20(22(26)23(27)28)14-25-11-10-18-7-4-12-29-18/h1-9,12-13,25H,10-11,14-15H2,(H,27,28). The maximum atomic E-state index is 13.6. The van der Waals surface area contributed by atoms with Gasteiger partial charge in [-0.3, -0.25) is 0 Å². The fourth-order valence-electron chi connectivity index (χ4n) is 3.66. The summed E-state index contributed by atoms with van der Waals surface area (Å²) in [5, 5.41) is 14.1. The summed E-state index contributed by atoms with van der Waals surface area (Å²) in [7, 11) is 0. The van der Waals surface area contributed by atoms with Crippen LogP contribution < -0.4 is 5.32 Å². The summed E-state index contributed by atoms with van der Waals surface area (Å²) in [4.78, 5) is 12.2. The van der Waals surface area contributed by atoms with Gasteiger partial charge in [0, 0.05) is 42.5 Å². The predicted octanol–water partition coefficient (Wildman–Crippen LogP) is 4.45. The number of hydrogen-bond donors (Lipinski definition) is 2. The SMILES string of the molecule is O=C(O)c1c(CNCCc2ccco2)c2ccccc2n1Cc1cccc(F)c1. The van der Waals surface area contributed by atoms with Crippen molar-refractivity contribution in [3.63, 3.8) is 0 Å². The molecule has 4 rings (SSSR count). The smallest absolute Gasteiger partial charge is 0.352 e. The summed E-state index contributed by atoms with van der Waals surface area (Å²) < 4.78 is 20.7. The van der Waals surface area contributed by atoms with Gasteiger partial charge in [-0.25, -0.2) is 9.18 Å². The Kier molecular flexibility index (Phi) is 5.44. The van der Waals surface area contributed by atoms with Crippen molar-refractivity contribution in [1.29, 1.82) is 0 Å². The minimum absolute atomic E-state index is 0.223. The van der Waals surface area contributed by atoms with E-state index in [0.717, 1.165) is 28.6 Å². The topological polar surface area (TPSA) is 67.4 Å². The summed E-state index contributed by atoms with van der Waals surface area (Å²) in [6.45, 7) is 1.36. The number of carboxylic acids is 1. The highest BCUT2D eigenvalue weighted by Crippen LogP contribution is 2.27. The Labute approximate surface area is 167 Å². The van der Waals surface area contributed by atoms with E-state index in [0.29, 0.717) is 18.7 Å². The first kappa shape index (κ1) is 19.0. The van der Waals surface area contributed by atoms with Gasteiger partial charge in [0.2, 0.25) is 0 Å². The summed E-state index contributed by atoms with van der Waals surface area (Å²) >= 11 is 0. The second-order valence-electron chi connectivity index (χ2n) is 6.87. The van der Waals surface area contributed by atoms with Gasteiger partial charge < -0.3 is 19.4 Å². The van der Waals surface area contributed by atoms with E-state index in [-0.39, 0.29) is 18.1 Å².